The summed E-state index contributed by atoms with van der Waals surface area (Å²) in [6.07, 6.45) is 1.82. The van der Waals surface area contributed by atoms with E-state index in [1.165, 1.54) is 0 Å². The smallest absolute Gasteiger partial charge is 0.254 e. The van der Waals surface area contributed by atoms with Crippen LogP contribution < -0.4 is 0 Å². The molecule has 1 aromatic carbocycles. The maximum Gasteiger partial charge on any atom is 0.254 e. The number of nitrogens with zero attached hydrogens (tertiary/aromatic N) is 2. The van der Waals surface area contributed by atoms with Crippen molar-refractivity contribution in [1.29, 1.82) is 0 Å². The number of aromatic nitrogens is 1. The second-order valence-corrected chi connectivity index (χ2v) is 6.68. The van der Waals surface area contributed by atoms with E-state index in [9.17, 15) is 4.79 Å². The van der Waals surface area contributed by atoms with E-state index in [0.717, 1.165) is 43.0 Å². The van der Waals surface area contributed by atoms with Crippen molar-refractivity contribution >= 4 is 17.5 Å². The number of carbonyl (C=O) groups excluding carboxylic acids is 1. The lowest BCUT2D eigenvalue weighted by Gasteiger charge is -2.33. The summed E-state index contributed by atoms with van der Waals surface area (Å²) in [7, 11) is 0. The van der Waals surface area contributed by atoms with Crippen LogP contribution in [0.1, 0.15) is 35.8 Å². The molecule has 0 unspecified atom stereocenters. The first-order valence-electron chi connectivity index (χ1n) is 8.72. The van der Waals surface area contributed by atoms with Gasteiger partial charge < -0.3 is 9.64 Å². The Labute approximate surface area is 153 Å². The molecule has 0 aliphatic carbocycles. The van der Waals surface area contributed by atoms with Crippen LogP contribution in [0.2, 0.25) is 5.02 Å². The van der Waals surface area contributed by atoms with Crippen LogP contribution in [0, 0.1) is 6.92 Å². The summed E-state index contributed by atoms with van der Waals surface area (Å²) in [5.74, 6) is 0.0844. The highest BCUT2D eigenvalue weighted by Gasteiger charge is 2.25. The molecule has 0 atom stereocenters. The van der Waals surface area contributed by atoms with E-state index in [1.54, 1.807) is 0 Å². The molecule has 1 aliphatic rings. The van der Waals surface area contributed by atoms with Gasteiger partial charge in [-0.25, -0.2) is 0 Å². The molecule has 1 saturated heterocycles. The molecule has 1 aromatic heterocycles. The molecule has 0 saturated carbocycles. The van der Waals surface area contributed by atoms with Crippen LogP contribution in [0.25, 0.3) is 11.3 Å². The predicted octanol–water partition coefficient (Wildman–Crippen LogP) is 4.35. The van der Waals surface area contributed by atoms with Crippen LogP contribution in [0.3, 0.4) is 0 Å². The summed E-state index contributed by atoms with van der Waals surface area (Å²) in [6.45, 7) is 6.09. The number of hydrogen-bond acceptors (Lipinski definition) is 3. The molecule has 0 radical (unpaired) electrons. The largest absolute Gasteiger partial charge is 0.381 e. The third-order valence-corrected chi connectivity index (χ3v) is 5.08. The van der Waals surface area contributed by atoms with Gasteiger partial charge in [0.1, 0.15) is 0 Å². The van der Waals surface area contributed by atoms with Crippen LogP contribution in [0.5, 0.6) is 0 Å². The Balaban J connectivity index is 1.78. The summed E-state index contributed by atoms with van der Waals surface area (Å²) >= 11 is 6.04. The Hall–Kier alpha value is -1.91. The third kappa shape index (κ3) is 4.02. The molecule has 1 aliphatic heterocycles. The first-order chi connectivity index (χ1) is 12.1. The maximum atomic E-state index is 12.9. The summed E-state index contributed by atoms with van der Waals surface area (Å²) < 4.78 is 5.41. The van der Waals surface area contributed by atoms with Crippen LogP contribution in [-0.4, -0.2) is 41.6 Å². The monoisotopic (exact) mass is 358 g/mol. The second kappa shape index (κ2) is 7.98. The molecule has 4 nitrogen and oxygen atoms in total. The fourth-order valence-corrected chi connectivity index (χ4v) is 3.32. The van der Waals surface area contributed by atoms with E-state index in [4.69, 9.17) is 16.3 Å². The van der Waals surface area contributed by atoms with Gasteiger partial charge in [-0.2, -0.15) is 0 Å². The van der Waals surface area contributed by atoms with Crippen molar-refractivity contribution in [3.05, 3.63) is 52.7 Å². The Morgan fingerprint density at radius 1 is 1.20 bits per heavy atom. The van der Waals surface area contributed by atoms with Crippen LogP contribution in [0.4, 0.5) is 0 Å². The quantitative estimate of drug-likeness (QED) is 0.815. The van der Waals surface area contributed by atoms with Crippen molar-refractivity contribution in [2.24, 2.45) is 0 Å². The Bertz CT molecular complexity index is 740. The minimum Gasteiger partial charge on any atom is -0.381 e. The number of pyridine rings is 1. The molecule has 2 aromatic rings. The summed E-state index contributed by atoms with van der Waals surface area (Å²) in [4.78, 5) is 19.3. The van der Waals surface area contributed by atoms with Crippen LogP contribution in [-0.2, 0) is 4.74 Å². The van der Waals surface area contributed by atoms with Gasteiger partial charge in [-0.1, -0.05) is 23.7 Å². The van der Waals surface area contributed by atoms with E-state index in [-0.39, 0.29) is 11.9 Å². The molecule has 1 amide bonds. The Morgan fingerprint density at radius 3 is 2.48 bits per heavy atom. The number of rotatable bonds is 4. The predicted molar refractivity (Wildman–Crippen MR) is 100.0 cm³/mol. The molecular formula is C20H23ClN2O2. The first-order valence-corrected chi connectivity index (χ1v) is 9.10. The fourth-order valence-electron chi connectivity index (χ4n) is 3.22. The van der Waals surface area contributed by atoms with Crippen molar-refractivity contribution in [3.8, 4) is 11.3 Å². The zero-order chi connectivity index (χ0) is 17.8. The minimum absolute atomic E-state index is 0.0844. The molecule has 0 spiro atoms. The van der Waals surface area contributed by atoms with E-state index in [0.29, 0.717) is 17.1 Å². The molecule has 0 bridgehead atoms. The normalized spacial score (nSPS) is 15.2. The number of halogens is 1. The lowest BCUT2D eigenvalue weighted by Crippen LogP contribution is -2.43. The van der Waals surface area contributed by atoms with Crippen molar-refractivity contribution in [2.45, 2.75) is 32.7 Å². The lowest BCUT2D eigenvalue weighted by molar-refractivity contribution is 0.0305. The van der Waals surface area contributed by atoms with Gasteiger partial charge in [0.25, 0.3) is 5.91 Å². The van der Waals surface area contributed by atoms with Gasteiger partial charge >= 0.3 is 0 Å². The van der Waals surface area contributed by atoms with Crippen molar-refractivity contribution in [1.82, 2.24) is 9.88 Å². The standard InChI is InChI=1S/C20H23ClN2O2/c1-3-23(17-10-12-25-13-11-17)20(24)16-6-4-15(5-7-16)19-9-8-18(21)14(2)22-19/h4-9,17H,3,10-13H2,1-2H3. The molecule has 132 valence electrons. The lowest BCUT2D eigenvalue weighted by atomic mass is 10.0. The number of carbonyl (C=O) groups is 1. The highest BCUT2D eigenvalue weighted by molar-refractivity contribution is 6.31. The SMILES string of the molecule is CCN(C(=O)c1ccc(-c2ccc(Cl)c(C)n2)cc1)C1CCOCC1. The number of hydrogen-bond donors (Lipinski definition) is 0. The van der Waals surface area contributed by atoms with Gasteiger partial charge in [-0.05, 0) is 51.0 Å². The average Bonchev–Trinajstić information content (AvgIpc) is 2.65. The van der Waals surface area contributed by atoms with Crippen molar-refractivity contribution in [2.75, 3.05) is 19.8 Å². The average molecular weight is 359 g/mol. The Kier molecular flexibility index (Phi) is 5.71. The highest BCUT2D eigenvalue weighted by atomic mass is 35.5. The minimum atomic E-state index is 0.0844. The molecule has 2 heterocycles. The van der Waals surface area contributed by atoms with Crippen LogP contribution >= 0.6 is 11.6 Å². The zero-order valence-corrected chi connectivity index (χ0v) is 15.4. The number of amides is 1. The third-order valence-electron chi connectivity index (χ3n) is 4.68. The molecule has 1 fully saturated rings. The summed E-state index contributed by atoms with van der Waals surface area (Å²) in [6, 6.07) is 11.7. The van der Waals surface area contributed by atoms with Crippen molar-refractivity contribution in [3.63, 3.8) is 0 Å². The zero-order valence-electron chi connectivity index (χ0n) is 14.7. The number of aryl methyl sites for hydroxylation is 1. The first kappa shape index (κ1) is 17.9. The molecule has 0 N–H and O–H groups in total. The highest BCUT2D eigenvalue weighted by Crippen LogP contribution is 2.23. The van der Waals surface area contributed by atoms with E-state index in [1.807, 2.05) is 55.1 Å². The maximum absolute atomic E-state index is 12.9. The number of benzene rings is 1. The van der Waals surface area contributed by atoms with E-state index in [2.05, 4.69) is 4.98 Å². The van der Waals surface area contributed by atoms with Gasteiger partial charge in [0, 0.05) is 36.9 Å². The van der Waals surface area contributed by atoms with Gasteiger partial charge in [0.2, 0.25) is 0 Å². The molecule has 25 heavy (non-hydrogen) atoms. The fraction of sp³-hybridized carbons (Fsp3) is 0.400. The topological polar surface area (TPSA) is 42.4 Å². The molecule has 5 heteroatoms. The van der Waals surface area contributed by atoms with Gasteiger partial charge in [-0.3, -0.25) is 9.78 Å². The number of ether oxygens (including phenoxy) is 1. The molecular weight excluding hydrogens is 336 g/mol. The molecule has 3 rings (SSSR count). The Morgan fingerprint density at radius 2 is 1.88 bits per heavy atom. The second-order valence-electron chi connectivity index (χ2n) is 6.28. The van der Waals surface area contributed by atoms with Gasteiger partial charge in [-0.15, -0.1) is 0 Å². The van der Waals surface area contributed by atoms with Gasteiger partial charge in [0.15, 0.2) is 0 Å². The van der Waals surface area contributed by atoms with E-state index < -0.39 is 0 Å². The summed E-state index contributed by atoms with van der Waals surface area (Å²) in [5.41, 5.74) is 3.35. The van der Waals surface area contributed by atoms with Crippen LogP contribution in [0.15, 0.2) is 36.4 Å². The van der Waals surface area contributed by atoms with E-state index >= 15 is 0 Å². The van der Waals surface area contributed by atoms with Gasteiger partial charge in [0.05, 0.1) is 16.4 Å². The summed E-state index contributed by atoms with van der Waals surface area (Å²) in [5, 5.41) is 0.658. The van der Waals surface area contributed by atoms with Crippen molar-refractivity contribution < 1.29 is 9.53 Å².